The third-order valence-electron chi connectivity index (χ3n) is 5.19. The van der Waals surface area contributed by atoms with Gasteiger partial charge in [-0.1, -0.05) is 12.1 Å². The molecule has 0 bridgehead atoms. The number of hydrogen-bond donors (Lipinski definition) is 7. The zero-order valence-corrected chi connectivity index (χ0v) is 16.1. The largest absolute Gasteiger partial charge is 0.508 e. The molecule has 0 radical (unpaired) electrons. The zero-order chi connectivity index (χ0) is 22.3. The summed E-state index contributed by atoms with van der Waals surface area (Å²) in [5.41, 5.74) is 0.731. The first-order chi connectivity index (χ1) is 14.8. The van der Waals surface area contributed by atoms with Crippen molar-refractivity contribution in [1.29, 1.82) is 0 Å². The van der Waals surface area contributed by atoms with Gasteiger partial charge in [0.05, 0.1) is 12.2 Å². The first-order valence-electron chi connectivity index (χ1n) is 9.49. The van der Waals surface area contributed by atoms with Gasteiger partial charge in [-0.3, -0.25) is 0 Å². The quantitative estimate of drug-likeness (QED) is 0.350. The molecule has 0 spiro atoms. The predicted molar refractivity (Wildman–Crippen MR) is 104 cm³/mol. The Kier molecular flexibility index (Phi) is 5.65. The minimum atomic E-state index is -1.64. The van der Waals surface area contributed by atoms with Crippen molar-refractivity contribution in [1.82, 2.24) is 0 Å². The van der Waals surface area contributed by atoms with Crippen LogP contribution in [0, 0.1) is 0 Å². The van der Waals surface area contributed by atoms with Crippen molar-refractivity contribution >= 4 is 6.08 Å². The molecule has 0 amide bonds. The van der Waals surface area contributed by atoms with Crippen LogP contribution in [-0.2, 0) is 9.47 Å². The van der Waals surface area contributed by atoms with Crippen molar-refractivity contribution in [3.8, 4) is 23.0 Å². The van der Waals surface area contributed by atoms with Crippen LogP contribution in [0.3, 0.4) is 0 Å². The highest BCUT2D eigenvalue weighted by Crippen LogP contribution is 2.44. The minimum Gasteiger partial charge on any atom is -0.508 e. The number of ether oxygens (including phenoxy) is 3. The van der Waals surface area contributed by atoms with E-state index >= 15 is 0 Å². The van der Waals surface area contributed by atoms with Gasteiger partial charge in [-0.2, -0.15) is 0 Å². The monoisotopic (exact) mass is 434 g/mol. The Bertz CT molecular complexity index is 971. The number of aromatic hydroxyl groups is 3. The smallest absolute Gasteiger partial charge is 0.228 e. The lowest BCUT2D eigenvalue weighted by Gasteiger charge is -2.41. The molecule has 1 saturated heterocycles. The van der Waals surface area contributed by atoms with Gasteiger partial charge in [-0.05, 0) is 18.2 Å². The molecule has 10 heteroatoms. The van der Waals surface area contributed by atoms with Crippen LogP contribution in [0.2, 0.25) is 0 Å². The van der Waals surface area contributed by atoms with Gasteiger partial charge in [0.1, 0.15) is 53.2 Å². The van der Waals surface area contributed by atoms with E-state index in [4.69, 9.17) is 14.2 Å². The molecule has 0 aliphatic carbocycles. The molecular weight excluding hydrogens is 412 g/mol. The number of phenols is 3. The molecule has 0 aromatic heterocycles. The van der Waals surface area contributed by atoms with Gasteiger partial charge < -0.3 is 50.0 Å². The molecule has 2 heterocycles. The fraction of sp³-hybridized carbons (Fsp3) is 0.333. The van der Waals surface area contributed by atoms with E-state index in [1.165, 1.54) is 24.3 Å². The Balaban J connectivity index is 1.72. The topological polar surface area (TPSA) is 169 Å². The summed E-state index contributed by atoms with van der Waals surface area (Å²) in [6.45, 7) is -0.620. The fourth-order valence-electron chi connectivity index (χ4n) is 3.52. The third kappa shape index (κ3) is 3.99. The van der Waals surface area contributed by atoms with Gasteiger partial charge in [0.2, 0.25) is 6.29 Å². The van der Waals surface area contributed by atoms with Crippen molar-refractivity contribution < 1.29 is 50.0 Å². The third-order valence-corrected chi connectivity index (χ3v) is 5.19. The molecule has 31 heavy (non-hydrogen) atoms. The van der Waals surface area contributed by atoms with Gasteiger partial charge in [0.25, 0.3) is 0 Å². The number of aliphatic hydroxyl groups is 4. The van der Waals surface area contributed by atoms with Crippen LogP contribution in [0.4, 0.5) is 0 Å². The molecule has 2 aromatic rings. The van der Waals surface area contributed by atoms with E-state index in [0.717, 1.165) is 6.07 Å². The predicted octanol–water partition coefficient (Wildman–Crippen LogP) is 0.0945. The number of benzene rings is 2. The summed E-state index contributed by atoms with van der Waals surface area (Å²) < 4.78 is 17.1. The van der Waals surface area contributed by atoms with E-state index in [1.54, 1.807) is 12.1 Å². The van der Waals surface area contributed by atoms with Gasteiger partial charge >= 0.3 is 0 Å². The van der Waals surface area contributed by atoms with Crippen LogP contribution < -0.4 is 4.74 Å². The highest BCUT2D eigenvalue weighted by atomic mass is 16.7. The van der Waals surface area contributed by atoms with Crippen LogP contribution in [-0.4, -0.2) is 73.1 Å². The van der Waals surface area contributed by atoms with Crippen molar-refractivity contribution in [3.05, 3.63) is 53.3 Å². The van der Waals surface area contributed by atoms with E-state index in [0.29, 0.717) is 5.56 Å². The molecule has 7 N–H and O–H groups in total. The molecule has 4 unspecified atom stereocenters. The lowest BCUT2D eigenvalue weighted by molar-refractivity contribution is -0.293. The highest BCUT2D eigenvalue weighted by molar-refractivity contribution is 5.69. The van der Waals surface area contributed by atoms with E-state index in [-0.39, 0.29) is 34.3 Å². The maximum absolute atomic E-state index is 10.3. The van der Waals surface area contributed by atoms with E-state index in [9.17, 15) is 35.7 Å². The minimum absolute atomic E-state index is 0.0237. The second-order valence-corrected chi connectivity index (χ2v) is 7.33. The summed E-state index contributed by atoms with van der Waals surface area (Å²) >= 11 is 0. The van der Waals surface area contributed by atoms with E-state index < -0.39 is 43.4 Å². The summed E-state index contributed by atoms with van der Waals surface area (Å²) in [5.74, 6) is -0.239. The molecule has 2 aromatic carbocycles. The lowest BCUT2D eigenvalue weighted by Crippen LogP contribution is -2.59. The highest BCUT2D eigenvalue weighted by Gasteiger charge is 2.45. The molecule has 2 aliphatic heterocycles. The average molecular weight is 434 g/mol. The molecule has 0 saturated carbocycles. The maximum atomic E-state index is 10.3. The van der Waals surface area contributed by atoms with E-state index in [1.807, 2.05) is 0 Å². The normalized spacial score (nSPS) is 30.1. The number of aliphatic hydroxyl groups excluding tert-OH is 4. The Labute approximate surface area is 176 Å². The Hall–Kier alpha value is -3.02. The fourth-order valence-corrected chi connectivity index (χ4v) is 3.52. The molecule has 2 aliphatic rings. The van der Waals surface area contributed by atoms with Gasteiger partial charge in [-0.15, -0.1) is 0 Å². The number of phenolic OH excluding ortho intramolecular Hbond substituents is 3. The first-order valence-corrected chi connectivity index (χ1v) is 9.49. The molecular formula is C21H22O10. The second-order valence-electron chi connectivity index (χ2n) is 7.33. The SMILES string of the molecule is OCC1O[C@H](OC2=Cc3c(O)cc(O)cc3OC2c2ccc(O)cc2)C(O)C(O)[C@@H]1O. The van der Waals surface area contributed by atoms with Crippen LogP contribution in [0.1, 0.15) is 17.2 Å². The molecule has 6 atom stereocenters. The average Bonchev–Trinajstić information content (AvgIpc) is 2.74. The van der Waals surface area contributed by atoms with Crippen LogP contribution in [0.25, 0.3) is 6.08 Å². The standard InChI is InChI=1S/C21H22O10/c22-8-16-17(26)18(27)19(28)21(31-16)30-15-7-12-13(25)5-11(24)6-14(12)29-20(15)9-1-3-10(23)4-2-9/h1-7,16-28H,8H2/t16?,17-,18?,19?,20?,21+/m1/s1. The first kappa shape index (κ1) is 21.2. The Morgan fingerprint density at radius 1 is 0.871 bits per heavy atom. The van der Waals surface area contributed by atoms with Crippen LogP contribution in [0.15, 0.2) is 42.2 Å². The van der Waals surface area contributed by atoms with Gasteiger partial charge in [-0.25, -0.2) is 0 Å². The summed E-state index contributed by atoms with van der Waals surface area (Å²) in [4.78, 5) is 0. The number of fused-ring (bicyclic) bond motifs is 1. The van der Waals surface area contributed by atoms with Crippen molar-refractivity contribution in [2.24, 2.45) is 0 Å². The van der Waals surface area contributed by atoms with Crippen LogP contribution >= 0.6 is 0 Å². The summed E-state index contributed by atoms with van der Waals surface area (Å²) in [6.07, 6.45) is -6.96. The number of rotatable bonds is 4. The summed E-state index contributed by atoms with van der Waals surface area (Å²) in [5, 5.41) is 69.2. The maximum Gasteiger partial charge on any atom is 0.228 e. The molecule has 10 nitrogen and oxygen atoms in total. The Morgan fingerprint density at radius 3 is 2.26 bits per heavy atom. The van der Waals surface area contributed by atoms with Crippen LogP contribution in [0.5, 0.6) is 23.0 Å². The molecule has 4 rings (SSSR count). The van der Waals surface area contributed by atoms with Crippen molar-refractivity contribution in [3.63, 3.8) is 0 Å². The summed E-state index contributed by atoms with van der Waals surface area (Å²) in [6, 6.07) is 8.42. The van der Waals surface area contributed by atoms with Gasteiger partial charge in [0.15, 0.2) is 6.10 Å². The number of hydrogen-bond acceptors (Lipinski definition) is 10. The zero-order valence-electron chi connectivity index (χ0n) is 16.1. The Morgan fingerprint density at radius 2 is 1.58 bits per heavy atom. The van der Waals surface area contributed by atoms with Gasteiger partial charge in [0, 0.05) is 17.7 Å². The lowest BCUT2D eigenvalue weighted by atomic mass is 9.98. The summed E-state index contributed by atoms with van der Waals surface area (Å²) in [7, 11) is 0. The molecule has 1 fully saturated rings. The van der Waals surface area contributed by atoms with Crippen molar-refractivity contribution in [2.75, 3.05) is 6.61 Å². The molecule has 166 valence electrons. The van der Waals surface area contributed by atoms with Crippen molar-refractivity contribution in [2.45, 2.75) is 36.8 Å². The second kappa shape index (κ2) is 8.25. The van der Waals surface area contributed by atoms with E-state index in [2.05, 4.69) is 0 Å².